The summed E-state index contributed by atoms with van der Waals surface area (Å²) in [6.45, 7) is 9.00. The van der Waals surface area contributed by atoms with Crippen LogP contribution in [0, 0.1) is 0 Å². The van der Waals surface area contributed by atoms with Gasteiger partial charge >= 0.3 is 0 Å². The van der Waals surface area contributed by atoms with Crippen molar-refractivity contribution >= 4 is 6.29 Å². The average molecular weight is 220 g/mol. The Balaban J connectivity index is 3.13. The van der Waals surface area contributed by atoms with Crippen molar-refractivity contribution in [3.05, 3.63) is 29.3 Å². The molecule has 1 aromatic carbocycles. The molecule has 2 heteroatoms. The smallest absolute Gasteiger partial charge is 0.153 e. The van der Waals surface area contributed by atoms with Crippen molar-refractivity contribution < 1.29 is 9.53 Å². The standard InChI is InChI=1S/C14H20O2/c1-5-14(3,4)12-7-8-13(16-6-2)11(9-12)10-15/h7-10H,5-6H2,1-4H3. The Morgan fingerprint density at radius 2 is 2.00 bits per heavy atom. The molecule has 0 unspecified atom stereocenters. The number of rotatable bonds is 5. The number of hydrogen-bond acceptors (Lipinski definition) is 2. The zero-order chi connectivity index (χ0) is 12.2. The molecule has 0 amide bonds. The number of ether oxygens (including phenoxy) is 1. The van der Waals surface area contributed by atoms with Gasteiger partial charge in [0.2, 0.25) is 0 Å². The first-order valence-corrected chi connectivity index (χ1v) is 5.77. The third kappa shape index (κ3) is 2.63. The highest BCUT2D eigenvalue weighted by molar-refractivity contribution is 5.79. The van der Waals surface area contributed by atoms with Crippen molar-refractivity contribution in [3.63, 3.8) is 0 Å². The molecule has 0 heterocycles. The molecule has 0 fully saturated rings. The molecule has 2 nitrogen and oxygen atoms in total. The van der Waals surface area contributed by atoms with Crippen molar-refractivity contribution in [3.8, 4) is 5.75 Å². The molecule has 0 aliphatic heterocycles. The molecule has 0 spiro atoms. The number of aldehydes is 1. The van der Waals surface area contributed by atoms with Gasteiger partial charge in [-0.1, -0.05) is 26.8 Å². The third-order valence-electron chi connectivity index (χ3n) is 3.10. The van der Waals surface area contributed by atoms with Crippen molar-refractivity contribution in [2.24, 2.45) is 0 Å². The van der Waals surface area contributed by atoms with E-state index in [4.69, 9.17) is 4.74 Å². The molecule has 1 aromatic rings. The Bertz CT molecular complexity index is 367. The van der Waals surface area contributed by atoms with E-state index in [1.54, 1.807) is 0 Å². The van der Waals surface area contributed by atoms with Crippen LogP contribution in [-0.2, 0) is 5.41 Å². The molecule has 0 aliphatic carbocycles. The lowest BCUT2D eigenvalue weighted by molar-refractivity contribution is 0.111. The third-order valence-corrected chi connectivity index (χ3v) is 3.10. The maximum atomic E-state index is 11.0. The van der Waals surface area contributed by atoms with Crippen LogP contribution in [0.3, 0.4) is 0 Å². The summed E-state index contributed by atoms with van der Waals surface area (Å²) in [6.07, 6.45) is 1.90. The van der Waals surface area contributed by atoms with Gasteiger partial charge in [-0.25, -0.2) is 0 Å². The first kappa shape index (κ1) is 12.8. The van der Waals surface area contributed by atoms with Crippen LogP contribution in [0.5, 0.6) is 5.75 Å². The second-order valence-corrected chi connectivity index (χ2v) is 4.54. The van der Waals surface area contributed by atoms with Crippen LogP contribution in [0.4, 0.5) is 0 Å². The Labute approximate surface area is 97.6 Å². The number of carbonyl (C=O) groups is 1. The molecular formula is C14H20O2. The normalized spacial score (nSPS) is 11.2. The van der Waals surface area contributed by atoms with Gasteiger partial charge in [0, 0.05) is 0 Å². The van der Waals surface area contributed by atoms with E-state index in [0.717, 1.165) is 12.7 Å². The fraction of sp³-hybridized carbons (Fsp3) is 0.500. The highest BCUT2D eigenvalue weighted by Crippen LogP contribution is 2.30. The topological polar surface area (TPSA) is 26.3 Å². The van der Waals surface area contributed by atoms with Crippen LogP contribution in [-0.4, -0.2) is 12.9 Å². The monoisotopic (exact) mass is 220 g/mol. The molecule has 0 radical (unpaired) electrons. The molecule has 0 aromatic heterocycles. The molecule has 1 rings (SSSR count). The lowest BCUT2D eigenvalue weighted by Gasteiger charge is -2.24. The van der Waals surface area contributed by atoms with Gasteiger partial charge in [-0.05, 0) is 36.5 Å². The zero-order valence-corrected chi connectivity index (χ0v) is 10.5. The minimum Gasteiger partial charge on any atom is -0.493 e. The maximum absolute atomic E-state index is 11.0. The molecule has 0 bridgehead atoms. The highest BCUT2D eigenvalue weighted by Gasteiger charge is 2.19. The van der Waals surface area contributed by atoms with E-state index in [1.807, 2.05) is 25.1 Å². The molecule has 0 aliphatic rings. The fourth-order valence-electron chi connectivity index (χ4n) is 1.55. The van der Waals surface area contributed by atoms with Gasteiger partial charge in [0.15, 0.2) is 6.29 Å². The first-order valence-electron chi connectivity index (χ1n) is 5.77. The van der Waals surface area contributed by atoms with Gasteiger partial charge < -0.3 is 4.74 Å². The predicted octanol–water partition coefficient (Wildman–Crippen LogP) is 3.59. The van der Waals surface area contributed by atoms with Crippen LogP contribution < -0.4 is 4.74 Å². The van der Waals surface area contributed by atoms with Crippen molar-refractivity contribution in [2.75, 3.05) is 6.61 Å². The maximum Gasteiger partial charge on any atom is 0.153 e. The molecule has 0 N–H and O–H groups in total. The number of carbonyl (C=O) groups excluding carboxylic acids is 1. The minimum absolute atomic E-state index is 0.0997. The molecule has 0 atom stereocenters. The van der Waals surface area contributed by atoms with E-state index < -0.39 is 0 Å². The van der Waals surface area contributed by atoms with Crippen LogP contribution in [0.25, 0.3) is 0 Å². The van der Waals surface area contributed by atoms with Gasteiger partial charge in [0.05, 0.1) is 12.2 Å². The summed E-state index contributed by atoms with van der Waals surface area (Å²) in [7, 11) is 0. The van der Waals surface area contributed by atoms with Crippen LogP contribution in [0.1, 0.15) is 50.0 Å². The summed E-state index contributed by atoms with van der Waals surface area (Å²) in [4.78, 5) is 11.0. The van der Waals surface area contributed by atoms with Gasteiger partial charge in [-0.2, -0.15) is 0 Å². The van der Waals surface area contributed by atoms with Gasteiger partial charge in [0.25, 0.3) is 0 Å². The predicted molar refractivity (Wildman–Crippen MR) is 66.3 cm³/mol. The second-order valence-electron chi connectivity index (χ2n) is 4.54. The summed E-state index contributed by atoms with van der Waals surface area (Å²) in [5.74, 6) is 0.674. The molecule has 0 saturated carbocycles. The van der Waals surface area contributed by atoms with Crippen molar-refractivity contribution in [1.82, 2.24) is 0 Å². The van der Waals surface area contributed by atoms with Crippen LogP contribution in [0.2, 0.25) is 0 Å². The summed E-state index contributed by atoms with van der Waals surface area (Å²) < 4.78 is 5.40. The Morgan fingerprint density at radius 3 is 2.50 bits per heavy atom. The minimum atomic E-state index is 0.0997. The number of benzene rings is 1. The average Bonchev–Trinajstić information content (AvgIpc) is 2.29. The van der Waals surface area contributed by atoms with Crippen molar-refractivity contribution in [1.29, 1.82) is 0 Å². The fourth-order valence-corrected chi connectivity index (χ4v) is 1.55. The molecular weight excluding hydrogens is 200 g/mol. The van der Waals surface area contributed by atoms with Crippen LogP contribution in [0.15, 0.2) is 18.2 Å². The SMILES string of the molecule is CCOc1ccc(C(C)(C)CC)cc1C=O. The summed E-state index contributed by atoms with van der Waals surface area (Å²) in [5, 5.41) is 0. The van der Waals surface area contributed by atoms with Crippen molar-refractivity contribution in [2.45, 2.75) is 39.5 Å². The second kappa shape index (κ2) is 5.15. The zero-order valence-electron chi connectivity index (χ0n) is 10.5. The summed E-state index contributed by atoms with van der Waals surface area (Å²) >= 11 is 0. The first-order chi connectivity index (χ1) is 7.55. The van der Waals surface area contributed by atoms with Gasteiger partial charge in [-0.15, -0.1) is 0 Å². The summed E-state index contributed by atoms with van der Waals surface area (Å²) in [5.41, 5.74) is 1.92. The lowest BCUT2D eigenvalue weighted by Crippen LogP contribution is -2.15. The Kier molecular flexibility index (Phi) is 4.11. The van der Waals surface area contributed by atoms with E-state index in [2.05, 4.69) is 20.8 Å². The molecule has 0 saturated heterocycles. The largest absolute Gasteiger partial charge is 0.493 e. The molecule has 88 valence electrons. The molecule has 16 heavy (non-hydrogen) atoms. The van der Waals surface area contributed by atoms with E-state index in [1.165, 1.54) is 5.56 Å². The number of hydrogen-bond donors (Lipinski definition) is 0. The Morgan fingerprint density at radius 1 is 1.31 bits per heavy atom. The van der Waals surface area contributed by atoms with Gasteiger partial charge in [0.1, 0.15) is 5.75 Å². The Hall–Kier alpha value is -1.31. The van der Waals surface area contributed by atoms with E-state index in [9.17, 15) is 4.79 Å². The van der Waals surface area contributed by atoms with E-state index in [-0.39, 0.29) is 5.41 Å². The van der Waals surface area contributed by atoms with Crippen LogP contribution >= 0.6 is 0 Å². The lowest BCUT2D eigenvalue weighted by atomic mass is 9.81. The van der Waals surface area contributed by atoms with E-state index >= 15 is 0 Å². The van der Waals surface area contributed by atoms with Gasteiger partial charge in [-0.3, -0.25) is 4.79 Å². The van der Waals surface area contributed by atoms with E-state index in [0.29, 0.717) is 17.9 Å². The quantitative estimate of drug-likeness (QED) is 0.709. The summed E-state index contributed by atoms with van der Waals surface area (Å²) in [6, 6.07) is 5.86. The highest BCUT2D eigenvalue weighted by atomic mass is 16.5.